The zero-order valence-electron chi connectivity index (χ0n) is 5.78. The first kappa shape index (κ1) is 6.83. The van der Waals surface area contributed by atoms with E-state index in [9.17, 15) is 4.79 Å². The van der Waals surface area contributed by atoms with E-state index in [-0.39, 0.29) is 0 Å². The van der Waals surface area contributed by atoms with Gasteiger partial charge in [0.15, 0.2) is 0 Å². The van der Waals surface area contributed by atoms with Crippen molar-refractivity contribution in [1.29, 1.82) is 0 Å². The average molecular weight is 209 g/mol. The predicted molar refractivity (Wildman–Crippen MR) is 46.3 cm³/mol. The molecule has 1 aromatic carbocycles. The molecule has 0 aliphatic rings. The van der Waals surface area contributed by atoms with E-state index in [4.69, 9.17) is 0 Å². The topological polar surface area (TPSA) is 17.1 Å². The summed E-state index contributed by atoms with van der Waals surface area (Å²) in [5.41, 5.74) is 0.862. The molecule has 1 nitrogen and oxygen atoms in total. The van der Waals surface area contributed by atoms with Crippen LogP contribution >= 0.6 is 0 Å². The number of carbonyl (C=O) groups is 1. The number of benzene rings is 1. The number of aldehydes is 1. The number of hydrogen-bond donors (Lipinski definition) is 0. The van der Waals surface area contributed by atoms with Crippen LogP contribution in [0.25, 0.3) is 9.65 Å². The Bertz CT molecular complexity index is 389. The molecule has 2 heteroatoms. The van der Waals surface area contributed by atoms with Crippen molar-refractivity contribution in [2.75, 3.05) is 0 Å². The summed E-state index contributed by atoms with van der Waals surface area (Å²) in [6.45, 7) is 0. The van der Waals surface area contributed by atoms with Crippen molar-refractivity contribution >= 4 is 30.4 Å². The molecule has 2 rings (SSSR count). The second kappa shape index (κ2) is 2.65. The molecule has 11 heavy (non-hydrogen) atoms. The van der Waals surface area contributed by atoms with Gasteiger partial charge in [0.25, 0.3) is 0 Å². The van der Waals surface area contributed by atoms with Crippen LogP contribution in [0.5, 0.6) is 0 Å². The molecular formula is C9H6OSe. The molecule has 0 fully saturated rings. The maximum atomic E-state index is 10.5. The van der Waals surface area contributed by atoms with Gasteiger partial charge in [-0.2, -0.15) is 0 Å². The Morgan fingerprint density at radius 2 is 2.09 bits per heavy atom. The predicted octanol–water partition coefficient (Wildman–Crippen LogP) is 1.71. The summed E-state index contributed by atoms with van der Waals surface area (Å²) < 4.78 is 1.32. The summed E-state index contributed by atoms with van der Waals surface area (Å²) in [6.07, 6.45) is 0.938. The monoisotopic (exact) mass is 210 g/mol. The Hall–Kier alpha value is -0.851. The number of carbonyl (C=O) groups excluding carboxylic acids is 1. The van der Waals surface area contributed by atoms with Crippen LogP contribution in [0, 0.1) is 0 Å². The molecule has 0 aliphatic carbocycles. The molecular weight excluding hydrogens is 203 g/mol. The average Bonchev–Trinajstić information content (AvgIpc) is 2.47. The van der Waals surface area contributed by atoms with E-state index in [2.05, 4.69) is 6.07 Å². The summed E-state index contributed by atoms with van der Waals surface area (Å²) >= 11 is 0.382. The first-order valence-corrected chi connectivity index (χ1v) is 5.18. The van der Waals surface area contributed by atoms with Crippen molar-refractivity contribution in [1.82, 2.24) is 0 Å². The molecule has 0 amide bonds. The first-order chi connectivity index (χ1) is 5.42. The first-order valence-electron chi connectivity index (χ1n) is 3.33. The van der Waals surface area contributed by atoms with E-state index in [0.717, 1.165) is 17.2 Å². The molecule has 0 unspecified atom stereocenters. The second-order valence-electron chi connectivity index (χ2n) is 2.31. The third-order valence-electron chi connectivity index (χ3n) is 1.64. The SMILES string of the molecule is O=Cc1c[se]c2ccccc12. The molecule has 0 aliphatic heterocycles. The van der Waals surface area contributed by atoms with Gasteiger partial charge in [-0.15, -0.1) is 0 Å². The Morgan fingerprint density at radius 1 is 1.27 bits per heavy atom. The van der Waals surface area contributed by atoms with Crippen LogP contribution < -0.4 is 0 Å². The molecule has 0 bridgehead atoms. The molecule has 0 saturated heterocycles. The van der Waals surface area contributed by atoms with Crippen LogP contribution in [-0.2, 0) is 0 Å². The van der Waals surface area contributed by atoms with Gasteiger partial charge in [-0.1, -0.05) is 0 Å². The molecule has 54 valence electrons. The standard InChI is InChI=1S/C9H6OSe/c10-5-7-6-11-9-4-2-1-3-8(7)9/h1-6H. The van der Waals surface area contributed by atoms with Crippen molar-refractivity contribution in [3.05, 3.63) is 34.8 Å². The second-order valence-corrected chi connectivity index (χ2v) is 4.22. The zero-order chi connectivity index (χ0) is 7.68. The van der Waals surface area contributed by atoms with E-state index in [1.807, 2.05) is 23.1 Å². The summed E-state index contributed by atoms with van der Waals surface area (Å²) in [7, 11) is 0. The Kier molecular flexibility index (Phi) is 1.65. The van der Waals surface area contributed by atoms with E-state index in [1.165, 1.54) is 4.26 Å². The fraction of sp³-hybridized carbons (Fsp3) is 0. The van der Waals surface area contributed by atoms with Crippen LogP contribution in [0.2, 0.25) is 0 Å². The Labute approximate surface area is 70.4 Å². The Balaban J connectivity index is 2.86. The fourth-order valence-corrected chi connectivity index (χ4v) is 2.99. The van der Waals surface area contributed by atoms with Gasteiger partial charge in [-0.25, -0.2) is 0 Å². The summed E-state index contributed by atoms with van der Waals surface area (Å²) in [4.78, 5) is 12.5. The Morgan fingerprint density at radius 3 is 2.91 bits per heavy atom. The van der Waals surface area contributed by atoms with E-state index >= 15 is 0 Å². The molecule has 0 N–H and O–H groups in total. The van der Waals surface area contributed by atoms with Crippen molar-refractivity contribution in [2.24, 2.45) is 0 Å². The summed E-state index contributed by atoms with van der Waals surface area (Å²) in [5, 5.41) is 1.13. The zero-order valence-corrected chi connectivity index (χ0v) is 7.49. The van der Waals surface area contributed by atoms with Gasteiger partial charge in [0.1, 0.15) is 0 Å². The third-order valence-corrected chi connectivity index (χ3v) is 3.70. The van der Waals surface area contributed by atoms with Crippen molar-refractivity contribution < 1.29 is 4.79 Å². The van der Waals surface area contributed by atoms with Gasteiger partial charge in [-0.3, -0.25) is 0 Å². The molecule has 0 radical (unpaired) electrons. The minimum absolute atomic E-state index is 0.382. The number of fused-ring (bicyclic) bond motifs is 1. The van der Waals surface area contributed by atoms with Gasteiger partial charge < -0.3 is 0 Å². The fourth-order valence-electron chi connectivity index (χ4n) is 1.09. The van der Waals surface area contributed by atoms with E-state index in [0.29, 0.717) is 14.5 Å². The number of rotatable bonds is 1. The van der Waals surface area contributed by atoms with Gasteiger partial charge in [0.05, 0.1) is 0 Å². The van der Waals surface area contributed by atoms with Gasteiger partial charge in [-0.05, 0) is 0 Å². The summed E-state index contributed by atoms with van der Waals surface area (Å²) in [6, 6.07) is 8.08. The van der Waals surface area contributed by atoms with Crippen LogP contribution in [0.4, 0.5) is 0 Å². The molecule has 0 atom stereocenters. The summed E-state index contributed by atoms with van der Waals surface area (Å²) in [5.74, 6) is 0. The molecule has 0 saturated carbocycles. The third kappa shape index (κ3) is 1.05. The van der Waals surface area contributed by atoms with Crippen molar-refractivity contribution in [3.63, 3.8) is 0 Å². The molecule has 1 heterocycles. The normalized spacial score (nSPS) is 10.2. The van der Waals surface area contributed by atoms with Crippen LogP contribution in [0.3, 0.4) is 0 Å². The molecule has 2 aromatic rings. The minimum atomic E-state index is 0.382. The molecule has 0 spiro atoms. The van der Waals surface area contributed by atoms with E-state index < -0.39 is 0 Å². The van der Waals surface area contributed by atoms with Crippen molar-refractivity contribution in [3.8, 4) is 0 Å². The van der Waals surface area contributed by atoms with E-state index in [1.54, 1.807) is 0 Å². The van der Waals surface area contributed by atoms with Crippen LogP contribution in [0.1, 0.15) is 10.4 Å². The van der Waals surface area contributed by atoms with Gasteiger partial charge in [0.2, 0.25) is 0 Å². The van der Waals surface area contributed by atoms with Crippen LogP contribution in [0.15, 0.2) is 29.2 Å². The maximum absolute atomic E-state index is 10.5. The van der Waals surface area contributed by atoms with Gasteiger partial charge >= 0.3 is 70.0 Å². The molecule has 1 aromatic heterocycles. The van der Waals surface area contributed by atoms with Crippen LogP contribution in [-0.4, -0.2) is 20.8 Å². The number of hydrogen-bond acceptors (Lipinski definition) is 1. The quantitative estimate of drug-likeness (QED) is 0.516. The van der Waals surface area contributed by atoms with Crippen molar-refractivity contribution in [2.45, 2.75) is 0 Å². The van der Waals surface area contributed by atoms with Gasteiger partial charge in [0, 0.05) is 0 Å².